The van der Waals surface area contributed by atoms with Crippen LogP contribution in [0.15, 0.2) is 48.5 Å². The highest BCUT2D eigenvalue weighted by Crippen LogP contribution is 2.21. The summed E-state index contributed by atoms with van der Waals surface area (Å²) in [5.74, 6) is -0.823. The lowest BCUT2D eigenvalue weighted by Gasteiger charge is -2.32. The maximum Gasteiger partial charge on any atom is 0.338 e. The quantitative estimate of drug-likeness (QED) is 0.769. The van der Waals surface area contributed by atoms with E-state index in [9.17, 15) is 14.0 Å². The van der Waals surface area contributed by atoms with E-state index in [1.54, 1.807) is 43.3 Å². The predicted octanol–water partition coefficient (Wildman–Crippen LogP) is 3.85. The van der Waals surface area contributed by atoms with Gasteiger partial charge in [0, 0.05) is 18.8 Å². The van der Waals surface area contributed by atoms with E-state index in [4.69, 9.17) is 4.74 Å². The van der Waals surface area contributed by atoms with Crippen LogP contribution in [0.1, 0.15) is 35.7 Å². The molecule has 0 radical (unpaired) electrons. The number of hydrogen-bond acceptors (Lipinski definition) is 4. The van der Waals surface area contributed by atoms with Gasteiger partial charge in [-0.1, -0.05) is 18.2 Å². The number of likely N-dealkylation sites (tertiary alicyclic amines) is 1. The van der Waals surface area contributed by atoms with E-state index in [0.29, 0.717) is 30.9 Å². The molecular weight excluding hydrogens is 359 g/mol. The molecule has 1 fully saturated rings. The number of hydrogen-bond donors (Lipinski definition) is 1. The van der Waals surface area contributed by atoms with Gasteiger partial charge in [0.2, 0.25) is 5.91 Å². The van der Waals surface area contributed by atoms with Crippen LogP contribution in [0.4, 0.5) is 10.1 Å². The summed E-state index contributed by atoms with van der Waals surface area (Å²) in [6, 6.07) is 13.3. The number of esters is 1. The third-order valence-electron chi connectivity index (χ3n) is 4.84. The molecule has 2 aromatic carbocycles. The summed E-state index contributed by atoms with van der Waals surface area (Å²) in [7, 11) is 0. The van der Waals surface area contributed by atoms with E-state index in [-0.39, 0.29) is 17.6 Å². The van der Waals surface area contributed by atoms with Gasteiger partial charge < -0.3 is 10.1 Å². The number of piperidine rings is 1. The van der Waals surface area contributed by atoms with Crippen LogP contribution in [0.5, 0.6) is 0 Å². The first-order chi connectivity index (χ1) is 13.5. The molecule has 0 unspecified atom stereocenters. The van der Waals surface area contributed by atoms with Crippen LogP contribution >= 0.6 is 0 Å². The molecule has 1 atom stereocenters. The highest BCUT2D eigenvalue weighted by Gasteiger charge is 2.26. The smallest absolute Gasteiger partial charge is 0.338 e. The number of ether oxygens (including phenoxy) is 1. The number of rotatable bonds is 6. The van der Waals surface area contributed by atoms with Crippen molar-refractivity contribution in [3.8, 4) is 0 Å². The average molecular weight is 384 g/mol. The van der Waals surface area contributed by atoms with Crippen LogP contribution in [-0.2, 0) is 16.1 Å². The van der Waals surface area contributed by atoms with E-state index in [1.165, 1.54) is 12.1 Å². The summed E-state index contributed by atoms with van der Waals surface area (Å²) >= 11 is 0. The summed E-state index contributed by atoms with van der Waals surface area (Å²) in [5.41, 5.74) is 2.04. The number of nitrogens with zero attached hydrogens (tertiary/aromatic N) is 1. The van der Waals surface area contributed by atoms with Crippen molar-refractivity contribution in [1.29, 1.82) is 0 Å². The molecule has 6 heteroatoms. The molecule has 148 valence electrons. The zero-order chi connectivity index (χ0) is 19.9. The first-order valence-corrected chi connectivity index (χ1v) is 9.60. The average Bonchev–Trinajstić information content (AvgIpc) is 2.70. The van der Waals surface area contributed by atoms with Crippen LogP contribution in [0.25, 0.3) is 0 Å². The lowest BCUT2D eigenvalue weighted by atomic mass is 9.96. The monoisotopic (exact) mass is 384 g/mol. The lowest BCUT2D eigenvalue weighted by molar-refractivity contribution is -0.121. The van der Waals surface area contributed by atoms with E-state index >= 15 is 0 Å². The summed E-state index contributed by atoms with van der Waals surface area (Å²) in [6.07, 6.45) is 1.76. The normalized spacial score (nSPS) is 17.1. The predicted molar refractivity (Wildman–Crippen MR) is 105 cm³/mol. The Bertz CT molecular complexity index is 823. The van der Waals surface area contributed by atoms with Gasteiger partial charge in [-0.25, -0.2) is 9.18 Å². The Morgan fingerprint density at radius 1 is 1.21 bits per heavy atom. The number of halogens is 1. The van der Waals surface area contributed by atoms with Crippen molar-refractivity contribution in [2.45, 2.75) is 26.3 Å². The largest absolute Gasteiger partial charge is 0.462 e. The van der Waals surface area contributed by atoms with Crippen molar-refractivity contribution in [3.63, 3.8) is 0 Å². The van der Waals surface area contributed by atoms with Gasteiger partial charge in [-0.2, -0.15) is 0 Å². The number of benzene rings is 2. The van der Waals surface area contributed by atoms with Crippen LogP contribution < -0.4 is 5.32 Å². The van der Waals surface area contributed by atoms with Gasteiger partial charge in [0.25, 0.3) is 0 Å². The Morgan fingerprint density at radius 3 is 2.75 bits per heavy atom. The summed E-state index contributed by atoms with van der Waals surface area (Å²) in [4.78, 5) is 26.8. The molecule has 3 rings (SSSR count). The molecule has 1 amide bonds. The highest BCUT2D eigenvalue weighted by atomic mass is 19.1. The second-order valence-electron chi connectivity index (χ2n) is 6.99. The first-order valence-electron chi connectivity index (χ1n) is 9.60. The molecule has 0 aromatic heterocycles. The van der Waals surface area contributed by atoms with Gasteiger partial charge in [-0.05, 0) is 62.2 Å². The van der Waals surface area contributed by atoms with Gasteiger partial charge in [0.15, 0.2) is 0 Å². The maximum absolute atomic E-state index is 13.1. The molecule has 2 aromatic rings. The van der Waals surface area contributed by atoms with Crippen molar-refractivity contribution < 1.29 is 18.7 Å². The van der Waals surface area contributed by atoms with Crippen molar-refractivity contribution in [2.24, 2.45) is 5.92 Å². The van der Waals surface area contributed by atoms with Gasteiger partial charge in [-0.3, -0.25) is 9.69 Å². The molecule has 1 N–H and O–H groups in total. The van der Waals surface area contributed by atoms with Crippen molar-refractivity contribution >= 4 is 17.6 Å². The van der Waals surface area contributed by atoms with Gasteiger partial charge in [0.1, 0.15) is 5.82 Å². The molecule has 1 aliphatic rings. The number of carbonyl (C=O) groups excluding carboxylic acids is 2. The minimum Gasteiger partial charge on any atom is -0.462 e. The van der Waals surface area contributed by atoms with Crippen molar-refractivity contribution in [1.82, 2.24) is 4.90 Å². The van der Waals surface area contributed by atoms with Crippen molar-refractivity contribution in [3.05, 3.63) is 65.5 Å². The van der Waals surface area contributed by atoms with Gasteiger partial charge in [-0.15, -0.1) is 0 Å². The second-order valence-corrected chi connectivity index (χ2v) is 6.99. The summed E-state index contributed by atoms with van der Waals surface area (Å²) in [6.45, 7) is 4.33. The molecule has 1 aliphatic heterocycles. The van der Waals surface area contributed by atoms with E-state index in [0.717, 1.165) is 24.9 Å². The fraction of sp³-hybridized carbons (Fsp3) is 0.364. The topological polar surface area (TPSA) is 58.6 Å². The SMILES string of the molecule is CCOC(=O)c1cccc(NC(=O)[C@@H]2CCCN(Cc3ccc(F)cc3)C2)c1. The maximum atomic E-state index is 13.1. The Morgan fingerprint density at radius 2 is 2.00 bits per heavy atom. The minimum absolute atomic E-state index is 0.0511. The van der Waals surface area contributed by atoms with Gasteiger partial charge in [0.05, 0.1) is 18.1 Å². The number of nitrogens with one attached hydrogen (secondary N) is 1. The first kappa shape index (κ1) is 20.0. The molecule has 0 bridgehead atoms. The minimum atomic E-state index is -0.401. The molecule has 1 heterocycles. The molecule has 0 aliphatic carbocycles. The zero-order valence-electron chi connectivity index (χ0n) is 16.0. The molecule has 28 heavy (non-hydrogen) atoms. The Balaban J connectivity index is 1.59. The number of carbonyl (C=O) groups is 2. The number of anilines is 1. The third kappa shape index (κ3) is 5.39. The van der Waals surface area contributed by atoms with E-state index in [2.05, 4.69) is 10.2 Å². The highest BCUT2D eigenvalue weighted by molar-refractivity contribution is 5.95. The molecule has 0 saturated carbocycles. The van der Waals surface area contributed by atoms with Crippen LogP contribution in [0, 0.1) is 11.7 Å². The second kappa shape index (κ2) is 9.46. The molecule has 0 spiro atoms. The van der Waals surface area contributed by atoms with Crippen LogP contribution in [0.2, 0.25) is 0 Å². The Hall–Kier alpha value is -2.73. The van der Waals surface area contributed by atoms with Gasteiger partial charge >= 0.3 is 5.97 Å². The molecular formula is C22H25FN2O3. The molecule has 1 saturated heterocycles. The summed E-state index contributed by atoms with van der Waals surface area (Å²) in [5, 5.41) is 2.92. The molecule has 5 nitrogen and oxygen atoms in total. The zero-order valence-corrected chi connectivity index (χ0v) is 16.0. The summed E-state index contributed by atoms with van der Waals surface area (Å²) < 4.78 is 18.1. The standard InChI is InChI=1S/C22H25FN2O3/c1-2-28-22(27)17-5-3-7-20(13-17)24-21(26)18-6-4-12-25(15-18)14-16-8-10-19(23)11-9-16/h3,5,7-11,13,18H,2,4,6,12,14-15H2,1H3,(H,24,26)/t18-/m1/s1. The Labute approximate surface area is 164 Å². The van der Waals surface area contributed by atoms with E-state index in [1.807, 2.05) is 0 Å². The Kier molecular flexibility index (Phi) is 6.76. The fourth-order valence-electron chi connectivity index (χ4n) is 3.44. The third-order valence-corrected chi connectivity index (χ3v) is 4.84. The van der Waals surface area contributed by atoms with E-state index < -0.39 is 5.97 Å². The number of amides is 1. The van der Waals surface area contributed by atoms with Crippen LogP contribution in [0.3, 0.4) is 0 Å². The lowest BCUT2D eigenvalue weighted by Crippen LogP contribution is -2.40. The fourth-order valence-corrected chi connectivity index (χ4v) is 3.44. The van der Waals surface area contributed by atoms with Crippen LogP contribution in [-0.4, -0.2) is 36.5 Å². The van der Waals surface area contributed by atoms with Crippen molar-refractivity contribution in [2.75, 3.05) is 25.0 Å².